The summed E-state index contributed by atoms with van der Waals surface area (Å²) in [6.45, 7) is -0.0951. The van der Waals surface area contributed by atoms with E-state index in [1.165, 1.54) is 0 Å². The molecule has 2 rings (SSSR count). The second-order valence-corrected chi connectivity index (χ2v) is 5.50. The van der Waals surface area contributed by atoms with E-state index in [9.17, 15) is 4.79 Å². The predicted molar refractivity (Wildman–Crippen MR) is 90.6 cm³/mol. The summed E-state index contributed by atoms with van der Waals surface area (Å²) in [7, 11) is 0. The molecule has 0 atom stereocenters. The molecule has 1 amide bonds. The zero-order chi connectivity index (χ0) is 15.2. The summed E-state index contributed by atoms with van der Waals surface area (Å²) in [4.78, 5) is 12.1. The van der Waals surface area contributed by atoms with E-state index in [0.29, 0.717) is 17.0 Å². The number of nitrogens with one attached hydrogen (secondary N) is 1. The Morgan fingerprint density at radius 3 is 2.71 bits per heavy atom. The van der Waals surface area contributed by atoms with Crippen molar-refractivity contribution >= 4 is 44.7 Å². The largest absolute Gasteiger partial charge is 0.484 e. The molecule has 0 spiro atoms. The van der Waals surface area contributed by atoms with Crippen LogP contribution in [-0.4, -0.2) is 17.5 Å². The van der Waals surface area contributed by atoms with Gasteiger partial charge < -0.3 is 15.8 Å². The van der Waals surface area contributed by atoms with Crippen LogP contribution in [0.15, 0.2) is 53.0 Å². The highest BCUT2D eigenvalue weighted by Gasteiger charge is 2.06. The van der Waals surface area contributed by atoms with E-state index >= 15 is 0 Å². The Bertz CT molecular complexity index is 676. The second kappa shape index (κ2) is 7.19. The second-order valence-electron chi connectivity index (χ2n) is 4.21. The first-order chi connectivity index (χ1) is 10.1. The summed E-state index contributed by atoms with van der Waals surface area (Å²) in [5.74, 6) is 0.296. The number of anilines is 1. The Kier molecular flexibility index (Phi) is 5.30. The van der Waals surface area contributed by atoms with Crippen LogP contribution in [-0.2, 0) is 4.79 Å². The summed E-state index contributed by atoms with van der Waals surface area (Å²) >= 11 is 8.26. The number of amides is 1. The Labute approximate surface area is 136 Å². The molecule has 0 heterocycles. The molecule has 0 aliphatic carbocycles. The Hall–Kier alpha value is -1.92. The van der Waals surface area contributed by atoms with Crippen LogP contribution in [0.5, 0.6) is 5.75 Å². The fourth-order valence-corrected chi connectivity index (χ4v) is 2.15. The van der Waals surface area contributed by atoms with Gasteiger partial charge in [0.2, 0.25) is 0 Å². The fourth-order valence-electron chi connectivity index (χ4n) is 1.64. The average molecular weight is 365 g/mol. The van der Waals surface area contributed by atoms with Gasteiger partial charge in [-0.1, -0.05) is 36.5 Å². The third kappa shape index (κ3) is 4.54. The van der Waals surface area contributed by atoms with E-state index in [2.05, 4.69) is 21.2 Å². The van der Waals surface area contributed by atoms with Gasteiger partial charge in [0.25, 0.3) is 5.91 Å². The molecule has 108 valence electrons. The molecule has 0 radical (unpaired) electrons. The van der Waals surface area contributed by atoms with Crippen LogP contribution in [0.3, 0.4) is 0 Å². The van der Waals surface area contributed by atoms with Crippen molar-refractivity contribution in [1.82, 2.24) is 0 Å². The van der Waals surface area contributed by atoms with Crippen LogP contribution >= 0.6 is 28.1 Å². The predicted octanol–water partition coefficient (Wildman–Crippen LogP) is 3.10. The number of thiocarbonyl (C=S) groups is 1. The summed E-state index contributed by atoms with van der Waals surface area (Å²) in [6, 6.07) is 14.4. The lowest BCUT2D eigenvalue weighted by atomic mass is 10.2. The topological polar surface area (TPSA) is 64.3 Å². The molecule has 21 heavy (non-hydrogen) atoms. The van der Waals surface area contributed by atoms with Crippen molar-refractivity contribution in [1.29, 1.82) is 0 Å². The van der Waals surface area contributed by atoms with Crippen molar-refractivity contribution in [3.63, 3.8) is 0 Å². The lowest BCUT2D eigenvalue weighted by Gasteiger charge is -2.09. The molecule has 0 bridgehead atoms. The van der Waals surface area contributed by atoms with Gasteiger partial charge in [0.05, 0.1) is 5.69 Å². The average Bonchev–Trinajstić information content (AvgIpc) is 2.48. The molecule has 0 saturated heterocycles. The first-order valence-corrected chi connectivity index (χ1v) is 7.33. The van der Waals surface area contributed by atoms with Crippen molar-refractivity contribution in [2.24, 2.45) is 5.73 Å². The quantitative estimate of drug-likeness (QED) is 0.800. The molecule has 4 nitrogen and oxygen atoms in total. The zero-order valence-corrected chi connectivity index (χ0v) is 13.4. The summed E-state index contributed by atoms with van der Waals surface area (Å²) in [5.41, 5.74) is 6.95. The van der Waals surface area contributed by atoms with Gasteiger partial charge in [-0.05, 0) is 40.2 Å². The first-order valence-electron chi connectivity index (χ1n) is 6.13. The van der Waals surface area contributed by atoms with E-state index in [1.807, 2.05) is 18.2 Å². The van der Waals surface area contributed by atoms with Gasteiger partial charge >= 0.3 is 0 Å². The number of carbonyl (C=O) groups is 1. The normalized spacial score (nSPS) is 9.95. The van der Waals surface area contributed by atoms with Crippen molar-refractivity contribution in [2.75, 3.05) is 11.9 Å². The van der Waals surface area contributed by atoms with Gasteiger partial charge in [-0.2, -0.15) is 0 Å². The number of hydrogen-bond donors (Lipinski definition) is 2. The molecule has 2 aromatic rings. The van der Waals surface area contributed by atoms with E-state index in [1.54, 1.807) is 30.3 Å². The lowest BCUT2D eigenvalue weighted by Crippen LogP contribution is -2.20. The molecule has 0 aliphatic rings. The van der Waals surface area contributed by atoms with Crippen molar-refractivity contribution in [3.05, 3.63) is 58.6 Å². The standard InChI is InChI=1S/C15H13BrN2O2S/c16-12-6-1-2-7-13(12)18-14(19)9-20-11-5-3-4-10(8-11)15(17)21/h1-8H,9H2,(H2,17,21)(H,18,19). The van der Waals surface area contributed by atoms with Crippen LogP contribution in [0.25, 0.3) is 0 Å². The van der Waals surface area contributed by atoms with Crippen LogP contribution < -0.4 is 15.8 Å². The number of ether oxygens (including phenoxy) is 1. The maximum atomic E-state index is 11.8. The number of benzene rings is 2. The third-order valence-electron chi connectivity index (χ3n) is 2.64. The van der Waals surface area contributed by atoms with Crippen LogP contribution in [0.2, 0.25) is 0 Å². The molecular formula is C15H13BrN2O2S. The van der Waals surface area contributed by atoms with Crippen LogP contribution in [0, 0.1) is 0 Å². The highest BCUT2D eigenvalue weighted by Crippen LogP contribution is 2.21. The van der Waals surface area contributed by atoms with Gasteiger partial charge in [0.1, 0.15) is 10.7 Å². The Balaban J connectivity index is 1.94. The molecule has 2 aromatic carbocycles. The van der Waals surface area contributed by atoms with E-state index < -0.39 is 0 Å². The van der Waals surface area contributed by atoms with Gasteiger partial charge in [-0.3, -0.25) is 4.79 Å². The summed E-state index contributed by atoms with van der Waals surface area (Å²) < 4.78 is 6.24. The highest BCUT2D eigenvalue weighted by atomic mass is 79.9. The maximum Gasteiger partial charge on any atom is 0.262 e. The van der Waals surface area contributed by atoms with E-state index in [0.717, 1.165) is 4.47 Å². The molecule has 0 aliphatic heterocycles. The number of para-hydroxylation sites is 1. The Morgan fingerprint density at radius 2 is 2.00 bits per heavy atom. The van der Waals surface area contributed by atoms with Gasteiger partial charge in [0.15, 0.2) is 6.61 Å². The maximum absolute atomic E-state index is 11.8. The SMILES string of the molecule is NC(=S)c1cccc(OCC(=O)Nc2ccccc2Br)c1. The van der Waals surface area contributed by atoms with Crippen LogP contribution in [0.1, 0.15) is 5.56 Å². The van der Waals surface area contributed by atoms with Gasteiger partial charge in [-0.25, -0.2) is 0 Å². The minimum Gasteiger partial charge on any atom is -0.484 e. The zero-order valence-electron chi connectivity index (χ0n) is 11.0. The third-order valence-corrected chi connectivity index (χ3v) is 3.56. The van der Waals surface area contributed by atoms with Crippen molar-refractivity contribution < 1.29 is 9.53 Å². The molecule has 3 N–H and O–H groups in total. The monoisotopic (exact) mass is 364 g/mol. The molecule has 0 fully saturated rings. The number of nitrogens with two attached hydrogens (primary N) is 1. The number of carbonyl (C=O) groups excluding carboxylic acids is 1. The number of hydrogen-bond acceptors (Lipinski definition) is 3. The molecule has 0 aromatic heterocycles. The smallest absolute Gasteiger partial charge is 0.262 e. The van der Waals surface area contributed by atoms with E-state index in [4.69, 9.17) is 22.7 Å². The number of rotatable bonds is 5. The Morgan fingerprint density at radius 1 is 1.24 bits per heavy atom. The van der Waals surface area contributed by atoms with Gasteiger partial charge in [0, 0.05) is 10.0 Å². The highest BCUT2D eigenvalue weighted by molar-refractivity contribution is 9.10. The van der Waals surface area contributed by atoms with Crippen molar-refractivity contribution in [2.45, 2.75) is 0 Å². The molecule has 0 saturated carbocycles. The first kappa shape index (κ1) is 15.5. The summed E-state index contributed by atoms with van der Waals surface area (Å²) in [6.07, 6.45) is 0. The van der Waals surface area contributed by atoms with E-state index in [-0.39, 0.29) is 17.5 Å². The van der Waals surface area contributed by atoms with Crippen molar-refractivity contribution in [3.8, 4) is 5.75 Å². The summed E-state index contributed by atoms with van der Waals surface area (Å²) in [5, 5.41) is 2.76. The van der Waals surface area contributed by atoms with Gasteiger partial charge in [-0.15, -0.1) is 0 Å². The minimum absolute atomic E-state index is 0.0951. The fraction of sp³-hybridized carbons (Fsp3) is 0.0667. The minimum atomic E-state index is -0.248. The number of halogens is 1. The van der Waals surface area contributed by atoms with Crippen LogP contribution in [0.4, 0.5) is 5.69 Å². The molecular weight excluding hydrogens is 352 g/mol. The lowest BCUT2D eigenvalue weighted by molar-refractivity contribution is -0.118. The molecule has 6 heteroatoms. The molecule has 0 unspecified atom stereocenters.